The van der Waals surface area contributed by atoms with Crippen molar-refractivity contribution in [2.45, 2.75) is 13.0 Å². The molecular formula is C12H11FN2O3. The highest BCUT2D eigenvalue weighted by atomic mass is 19.1. The van der Waals surface area contributed by atoms with Crippen LogP contribution in [0.25, 0.3) is 0 Å². The fourth-order valence-electron chi connectivity index (χ4n) is 1.20. The van der Waals surface area contributed by atoms with Crippen LogP contribution in [0.3, 0.4) is 0 Å². The number of nitrogens with one attached hydrogen (secondary N) is 2. The standard InChI is InChI=1S/C12H11FN2O3/c1-3-7(2)14-12(18)15-10-5-4-8(13)6-9(10)11(16)17/h1,4-7H,2H3,(H,16,17)(H2,14,15,18). The summed E-state index contributed by atoms with van der Waals surface area (Å²) in [7, 11) is 0. The van der Waals surface area contributed by atoms with E-state index < -0.39 is 23.9 Å². The average Bonchev–Trinajstić information content (AvgIpc) is 2.30. The lowest BCUT2D eigenvalue weighted by Gasteiger charge is -2.11. The van der Waals surface area contributed by atoms with Gasteiger partial charge in [-0.25, -0.2) is 14.0 Å². The van der Waals surface area contributed by atoms with Crippen molar-refractivity contribution in [3.05, 3.63) is 29.6 Å². The lowest BCUT2D eigenvalue weighted by atomic mass is 10.1. The van der Waals surface area contributed by atoms with Gasteiger partial charge in [-0.1, -0.05) is 5.92 Å². The lowest BCUT2D eigenvalue weighted by Crippen LogP contribution is -2.35. The smallest absolute Gasteiger partial charge is 0.337 e. The Morgan fingerprint density at radius 2 is 2.17 bits per heavy atom. The molecule has 6 heteroatoms. The summed E-state index contributed by atoms with van der Waals surface area (Å²) in [4.78, 5) is 22.3. The van der Waals surface area contributed by atoms with Crippen molar-refractivity contribution in [3.63, 3.8) is 0 Å². The molecule has 0 saturated heterocycles. The largest absolute Gasteiger partial charge is 0.478 e. The minimum Gasteiger partial charge on any atom is -0.478 e. The van der Waals surface area contributed by atoms with E-state index in [1.165, 1.54) is 6.07 Å². The Kier molecular flexibility index (Phi) is 4.27. The van der Waals surface area contributed by atoms with Gasteiger partial charge in [0, 0.05) is 0 Å². The van der Waals surface area contributed by atoms with Gasteiger partial charge in [-0.3, -0.25) is 0 Å². The van der Waals surface area contributed by atoms with Crippen molar-refractivity contribution in [3.8, 4) is 12.3 Å². The van der Waals surface area contributed by atoms with E-state index in [9.17, 15) is 14.0 Å². The zero-order chi connectivity index (χ0) is 13.7. The van der Waals surface area contributed by atoms with Crippen molar-refractivity contribution >= 4 is 17.7 Å². The third-order valence-electron chi connectivity index (χ3n) is 2.06. The molecule has 1 aromatic rings. The molecule has 18 heavy (non-hydrogen) atoms. The van der Waals surface area contributed by atoms with Gasteiger partial charge in [0.25, 0.3) is 0 Å². The number of urea groups is 1. The van der Waals surface area contributed by atoms with Crippen molar-refractivity contribution in [1.82, 2.24) is 5.32 Å². The highest BCUT2D eigenvalue weighted by Gasteiger charge is 2.14. The van der Waals surface area contributed by atoms with Crippen LogP contribution in [0.1, 0.15) is 17.3 Å². The molecule has 1 rings (SSSR count). The fraction of sp³-hybridized carbons (Fsp3) is 0.167. The Morgan fingerprint density at radius 3 is 2.72 bits per heavy atom. The van der Waals surface area contributed by atoms with Crippen molar-refractivity contribution < 1.29 is 19.1 Å². The molecule has 3 N–H and O–H groups in total. The van der Waals surface area contributed by atoms with Crippen LogP contribution in [-0.4, -0.2) is 23.1 Å². The number of hydrogen-bond donors (Lipinski definition) is 3. The predicted octanol–water partition coefficient (Wildman–Crippen LogP) is 1.67. The molecule has 0 heterocycles. The summed E-state index contributed by atoms with van der Waals surface area (Å²) in [5.41, 5.74) is -0.343. The van der Waals surface area contributed by atoms with Crippen molar-refractivity contribution in [1.29, 1.82) is 0 Å². The third-order valence-corrected chi connectivity index (χ3v) is 2.06. The van der Waals surface area contributed by atoms with E-state index in [4.69, 9.17) is 11.5 Å². The minimum atomic E-state index is -1.34. The van der Waals surface area contributed by atoms with Gasteiger partial charge in [0.05, 0.1) is 17.3 Å². The van der Waals surface area contributed by atoms with E-state index in [1.54, 1.807) is 6.92 Å². The number of benzene rings is 1. The number of halogens is 1. The Morgan fingerprint density at radius 1 is 1.50 bits per heavy atom. The Hall–Kier alpha value is -2.55. The normalized spacial score (nSPS) is 11.2. The molecule has 0 saturated carbocycles. The van der Waals surface area contributed by atoms with Gasteiger partial charge in [-0.15, -0.1) is 6.42 Å². The highest BCUT2D eigenvalue weighted by molar-refractivity contribution is 6.00. The molecule has 0 bridgehead atoms. The monoisotopic (exact) mass is 250 g/mol. The van der Waals surface area contributed by atoms with Crippen molar-refractivity contribution in [2.24, 2.45) is 0 Å². The van der Waals surface area contributed by atoms with Crippen LogP contribution in [0.2, 0.25) is 0 Å². The van der Waals surface area contributed by atoms with Gasteiger partial charge in [0.1, 0.15) is 5.82 Å². The molecule has 0 spiro atoms. The van der Waals surface area contributed by atoms with Gasteiger partial charge in [0.15, 0.2) is 0 Å². The fourth-order valence-corrected chi connectivity index (χ4v) is 1.20. The Bertz CT molecular complexity index is 523. The van der Waals surface area contributed by atoms with E-state index in [-0.39, 0.29) is 11.3 Å². The number of carboxylic acids is 1. The Balaban J connectivity index is 2.88. The lowest BCUT2D eigenvalue weighted by molar-refractivity contribution is 0.0697. The zero-order valence-corrected chi connectivity index (χ0v) is 9.53. The summed E-state index contributed by atoms with van der Waals surface area (Å²) in [6, 6.07) is 1.88. The van der Waals surface area contributed by atoms with Crippen LogP contribution >= 0.6 is 0 Å². The molecule has 94 valence electrons. The molecule has 0 aliphatic rings. The highest BCUT2D eigenvalue weighted by Crippen LogP contribution is 2.16. The maximum atomic E-state index is 12.9. The molecule has 1 aromatic carbocycles. The Labute approximate surface area is 103 Å². The predicted molar refractivity (Wildman–Crippen MR) is 63.8 cm³/mol. The number of carbonyl (C=O) groups is 2. The second kappa shape index (κ2) is 5.68. The number of hydrogen-bond acceptors (Lipinski definition) is 2. The average molecular weight is 250 g/mol. The van der Waals surface area contributed by atoms with E-state index in [0.29, 0.717) is 0 Å². The first-order valence-electron chi connectivity index (χ1n) is 5.00. The van der Waals surface area contributed by atoms with Gasteiger partial charge < -0.3 is 15.7 Å². The number of carboxylic acid groups (broad SMARTS) is 1. The van der Waals surface area contributed by atoms with Crippen molar-refractivity contribution in [2.75, 3.05) is 5.32 Å². The van der Waals surface area contributed by atoms with Gasteiger partial charge in [-0.2, -0.15) is 0 Å². The van der Waals surface area contributed by atoms with Crippen LogP contribution in [-0.2, 0) is 0 Å². The number of anilines is 1. The number of rotatable bonds is 3. The number of amides is 2. The molecule has 1 unspecified atom stereocenters. The van der Waals surface area contributed by atoms with Gasteiger partial charge >= 0.3 is 12.0 Å². The first-order chi connectivity index (χ1) is 8.43. The maximum absolute atomic E-state index is 12.9. The molecule has 0 radical (unpaired) electrons. The van der Waals surface area contributed by atoms with E-state index >= 15 is 0 Å². The van der Waals surface area contributed by atoms with Gasteiger partial charge in [0.2, 0.25) is 0 Å². The van der Waals surface area contributed by atoms with Gasteiger partial charge in [-0.05, 0) is 25.1 Å². The second-order valence-electron chi connectivity index (χ2n) is 3.48. The molecule has 2 amide bonds. The summed E-state index contributed by atoms with van der Waals surface area (Å²) in [6.45, 7) is 1.59. The molecule has 0 aliphatic heterocycles. The molecule has 1 atom stereocenters. The summed E-state index contributed by atoms with van der Waals surface area (Å²) < 4.78 is 12.9. The SMILES string of the molecule is C#CC(C)NC(=O)Nc1ccc(F)cc1C(=O)O. The molecule has 0 aromatic heterocycles. The van der Waals surface area contributed by atoms with E-state index in [2.05, 4.69) is 16.6 Å². The van der Waals surface area contributed by atoms with Crippen LogP contribution in [0.15, 0.2) is 18.2 Å². The molecule has 0 fully saturated rings. The first kappa shape index (κ1) is 13.5. The van der Waals surface area contributed by atoms with Crippen LogP contribution in [0, 0.1) is 18.2 Å². The number of terminal acetylenes is 1. The molecule has 5 nitrogen and oxygen atoms in total. The summed E-state index contributed by atoms with van der Waals surface area (Å²) >= 11 is 0. The topological polar surface area (TPSA) is 78.4 Å². The summed E-state index contributed by atoms with van der Waals surface area (Å²) in [5, 5.41) is 13.5. The van der Waals surface area contributed by atoms with E-state index in [0.717, 1.165) is 12.1 Å². The van der Waals surface area contributed by atoms with E-state index in [1.807, 2.05) is 0 Å². The summed E-state index contributed by atoms with van der Waals surface area (Å²) in [5.74, 6) is 0.243. The zero-order valence-electron chi connectivity index (χ0n) is 9.53. The molecular weight excluding hydrogens is 239 g/mol. The van der Waals surface area contributed by atoms with Crippen LogP contribution in [0.4, 0.5) is 14.9 Å². The number of carbonyl (C=O) groups excluding carboxylic acids is 1. The maximum Gasteiger partial charge on any atom is 0.337 e. The second-order valence-corrected chi connectivity index (χ2v) is 3.48. The quantitative estimate of drug-likeness (QED) is 0.714. The number of aromatic carboxylic acids is 1. The van der Waals surface area contributed by atoms with Crippen LogP contribution in [0.5, 0.6) is 0 Å². The third kappa shape index (κ3) is 3.49. The first-order valence-corrected chi connectivity index (χ1v) is 5.00. The van der Waals surface area contributed by atoms with Crippen LogP contribution < -0.4 is 10.6 Å². The summed E-state index contributed by atoms with van der Waals surface area (Å²) in [6.07, 6.45) is 5.08. The molecule has 0 aliphatic carbocycles. The minimum absolute atomic E-state index is 0.00868.